The second kappa shape index (κ2) is 10.6. The molecule has 10 nitrogen and oxygen atoms in total. The molecule has 0 aromatic heterocycles. The highest BCUT2D eigenvalue weighted by Gasteiger charge is 2.31. The molecule has 1 atom stereocenters. The number of sulfonamides is 2. The Kier molecular flexibility index (Phi) is 8.28. The van der Waals surface area contributed by atoms with E-state index in [1.165, 1.54) is 28.6 Å². The van der Waals surface area contributed by atoms with Crippen LogP contribution in [0.25, 0.3) is 0 Å². The number of ether oxygens (including phenoxy) is 1. The van der Waals surface area contributed by atoms with E-state index in [1.807, 2.05) is 0 Å². The van der Waals surface area contributed by atoms with Crippen LogP contribution in [0, 0.1) is 0 Å². The van der Waals surface area contributed by atoms with E-state index in [4.69, 9.17) is 4.74 Å². The molecule has 0 aliphatic carbocycles. The lowest BCUT2D eigenvalue weighted by Gasteiger charge is -2.26. The summed E-state index contributed by atoms with van der Waals surface area (Å²) >= 11 is 0. The van der Waals surface area contributed by atoms with Crippen LogP contribution in [0.4, 0.5) is 0 Å². The number of nitrogens with zero attached hydrogens (tertiary/aromatic N) is 3. The zero-order valence-corrected chi connectivity index (χ0v) is 20.2. The number of amides is 1. The molecule has 2 aliphatic rings. The van der Waals surface area contributed by atoms with E-state index in [0.717, 1.165) is 19.4 Å². The van der Waals surface area contributed by atoms with Gasteiger partial charge in [0.05, 0.1) is 29.0 Å². The van der Waals surface area contributed by atoms with Crippen LogP contribution in [0.1, 0.15) is 19.3 Å². The van der Waals surface area contributed by atoms with E-state index in [1.54, 1.807) is 19.0 Å². The maximum atomic E-state index is 12.7. The Bertz CT molecular complexity index is 989. The molecule has 3 rings (SSSR count). The number of likely N-dealkylation sites (tertiary alicyclic amines) is 1. The molecule has 180 valence electrons. The van der Waals surface area contributed by atoms with Gasteiger partial charge in [0.1, 0.15) is 0 Å². The lowest BCUT2D eigenvalue weighted by molar-refractivity contribution is -0.133. The highest BCUT2D eigenvalue weighted by atomic mass is 32.2. The molecule has 0 radical (unpaired) electrons. The smallest absolute Gasteiger partial charge is 0.243 e. The molecule has 1 N–H and O–H groups in total. The minimum atomic E-state index is -3.76. The number of hydrogen-bond acceptors (Lipinski definition) is 7. The molecule has 0 saturated carbocycles. The van der Waals surface area contributed by atoms with Crippen molar-refractivity contribution in [2.24, 2.45) is 0 Å². The number of likely N-dealkylation sites (N-methyl/N-ethyl adjacent to an activating group) is 1. The first-order valence-corrected chi connectivity index (χ1v) is 13.7. The highest BCUT2D eigenvalue weighted by Crippen LogP contribution is 2.20. The van der Waals surface area contributed by atoms with Crippen molar-refractivity contribution < 1.29 is 26.4 Å². The molecular weight excluding hydrogens is 456 g/mol. The first-order valence-electron chi connectivity index (χ1n) is 10.8. The summed E-state index contributed by atoms with van der Waals surface area (Å²) in [5.74, 6) is 0.0789. The van der Waals surface area contributed by atoms with Gasteiger partial charge >= 0.3 is 0 Å². The third kappa shape index (κ3) is 5.86. The number of morpholine rings is 1. The van der Waals surface area contributed by atoms with Crippen LogP contribution in [0.2, 0.25) is 0 Å². The highest BCUT2D eigenvalue weighted by molar-refractivity contribution is 7.89. The average Bonchev–Trinajstić information content (AvgIpc) is 3.25. The van der Waals surface area contributed by atoms with Crippen molar-refractivity contribution in [3.8, 4) is 0 Å². The fourth-order valence-corrected chi connectivity index (χ4v) is 6.45. The van der Waals surface area contributed by atoms with Crippen LogP contribution in [0.5, 0.6) is 0 Å². The predicted molar refractivity (Wildman–Crippen MR) is 119 cm³/mol. The molecule has 2 fully saturated rings. The van der Waals surface area contributed by atoms with E-state index in [0.29, 0.717) is 26.2 Å². The lowest BCUT2D eigenvalue weighted by Crippen LogP contribution is -2.43. The van der Waals surface area contributed by atoms with Crippen LogP contribution in [-0.4, -0.2) is 103 Å². The molecule has 2 heterocycles. The van der Waals surface area contributed by atoms with E-state index in [-0.39, 0.29) is 41.4 Å². The van der Waals surface area contributed by atoms with Crippen LogP contribution in [0.3, 0.4) is 0 Å². The molecule has 2 saturated heterocycles. The Hall–Kier alpha value is -1.57. The summed E-state index contributed by atoms with van der Waals surface area (Å²) in [6.45, 7) is 2.94. The van der Waals surface area contributed by atoms with E-state index in [9.17, 15) is 21.6 Å². The average molecular weight is 489 g/mol. The Balaban J connectivity index is 1.54. The van der Waals surface area contributed by atoms with E-state index in [2.05, 4.69) is 9.62 Å². The van der Waals surface area contributed by atoms with Crippen LogP contribution >= 0.6 is 0 Å². The Morgan fingerprint density at radius 3 is 2.31 bits per heavy atom. The van der Waals surface area contributed by atoms with Crippen molar-refractivity contribution in [2.45, 2.75) is 35.1 Å². The van der Waals surface area contributed by atoms with Crippen LogP contribution < -0.4 is 4.72 Å². The molecule has 1 unspecified atom stereocenters. The molecule has 1 aromatic rings. The van der Waals surface area contributed by atoms with Gasteiger partial charge < -0.3 is 9.64 Å². The van der Waals surface area contributed by atoms with Crippen molar-refractivity contribution in [1.29, 1.82) is 0 Å². The van der Waals surface area contributed by atoms with E-state index < -0.39 is 20.0 Å². The number of benzene rings is 1. The third-order valence-corrected chi connectivity index (χ3v) is 9.14. The van der Waals surface area contributed by atoms with Gasteiger partial charge in [-0.15, -0.1) is 0 Å². The minimum absolute atomic E-state index is 0.0141. The monoisotopic (exact) mass is 488 g/mol. The molecule has 2 aliphatic heterocycles. The molecule has 0 bridgehead atoms. The Morgan fingerprint density at radius 1 is 1.06 bits per heavy atom. The number of carbonyl (C=O) groups excluding carboxylic acids is 1. The number of rotatable bonds is 9. The Morgan fingerprint density at radius 2 is 1.69 bits per heavy atom. The molecule has 1 amide bonds. The quantitative estimate of drug-likeness (QED) is 0.484. The summed E-state index contributed by atoms with van der Waals surface area (Å²) in [7, 11) is -3.95. The SMILES string of the molecule is CN(C)C(=O)C1CCCN1CCCNS(=O)(=O)c1ccc(S(=O)(=O)N2CCOCC2)cc1. The summed E-state index contributed by atoms with van der Waals surface area (Å²) in [5.41, 5.74) is 0. The minimum Gasteiger partial charge on any atom is -0.379 e. The van der Waals surface area contributed by atoms with Gasteiger partial charge in [-0.1, -0.05) is 0 Å². The predicted octanol–water partition coefficient (Wildman–Crippen LogP) is -0.0715. The number of carbonyl (C=O) groups is 1. The van der Waals surface area contributed by atoms with Crippen molar-refractivity contribution in [2.75, 3.05) is 60.0 Å². The molecule has 0 spiro atoms. The Labute approximate surface area is 190 Å². The van der Waals surface area contributed by atoms with Gasteiger partial charge in [-0.3, -0.25) is 9.69 Å². The van der Waals surface area contributed by atoms with E-state index >= 15 is 0 Å². The normalized spacial score (nSPS) is 21.0. The molecule has 12 heteroatoms. The van der Waals surface area contributed by atoms with Crippen molar-refractivity contribution >= 4 is 26.0 Å². The summed E-state index contributed by atoms with van der Waals surface area (Å²) in [5, 5.41) is 0. The third-order valence-electron chi connectivity index (χ3n) is 5.75. The van der Waals surface area contributed by atoms with Crippen LogP contribution in [-0.2, 0) is 29.6 Å². The maximum Gasteiger partial charge on any atom is 0.243 e. The first-order chi connectivity index (χ1) is 15.1. The second-order valence-corrected chi connectivity index (χ2v) is 11.9. The summed E-state index contributed by atoms with van der Waals surface area (Å²) < 4.78 is 59.6. The van der Waals surface area contributed by atoms with Gasteiger partial charge in [0.2, 0.25) is 26.0 Å². The zero-order chi connectivity index (χ0) is 23.4. The van der Waals surface area contributed by atoms with Gasteiger partial charge in [-0.05, 0) is 50.1 Å². The maximum absolute atomic E-state index is 12.7. The van der Waals surface area contributed by atoms with Gasteiger partial charge in [0, 0.05) is 40.3 Å². The molecular formula is C20H32N4O6S2. The summed E-state index contributed by atoms with van der Waals surface area (Å²) in [6, 6.07) is 5.12. The van der Waals surface area contributed by atoms with Gasteiger partial charge in [-0.2, -0.15) is 4.31 Å². The van der Waals surface area contributed by atoms with Gasteiger partial charge in [-0.25, -0.2) is 21.6 Å². The second-order valence-electron chi connectivity index (χ2n) is 8.17. The number of hydrogen-bond donors (Lipinski definition) is 1. The lowest BCUT2D eigenvalue weighted by atomic mass is 10.2. The summed E-state index contributed by atoms with van der Waals surface area (Å²) in [4.78, 5) is 16.0. The first kappa shape index (κ1) is 25.1. The summed E-state index contributed by atoms with van der Waals surface area (Å²) in [6.07, 6.45) is 2.35. The topological polar surface area (TPSA) is 116 Å². The van der Waals surface area contributed by atoms with Crippen LogP contribution in [0.15, 0.2) is 34.1 Å². The largest absolute Gasteiger partial charge is 0.379 e. The number of nitrogens with one attached hydrogen (secondary N) is 1. The zero-order valence-electron chi connectivity index (χ0n) is 18.6. The molecule has 1 aromatic carbocycles. The standard InChI is InChI=1S/C20H32N4O6S2/c1-22(2)20(25)19-5-3-11-23(19)12-4-10-21-31(26,27)17-6-8-18(9-7-17)32(28,29)24-13-15-30-16-14-24/h6-9,19,21H,3-5,10-16H2,1-2H3. The van der Waals surface area contributed by atoms with Gasteiger partial charge in [0.15, 0.2) is 0 Å². The molecule has 32 heavy (non-hydrogen) atoms. The fraction of sp³-hybridized carbons (Fsp3) is 0.650. The van der Waals surface area contributed by atoms with Crippen molar-refractivity contribution in [1.82, 2.24) is 18.8 Å². The van der Waals surface area contributed by atoms with Gasteiger partial charge in [0.25, 0.3) is 0 Å². The van der Waals surface area contributed by atoms with Crippen molar-refractivity contribution in [3.63, 3.8) is 0 Å². The fourth-order valence-electron chi connectivity index (χ4n) is 3.97. The van der Waals surface area contributed by atoms with Crippen molar-refractivity contribution in [3.05, 3.63) is 24.3 Å².